The molecule has 2 aromatic carbocycles. The van der Waals surface area contributed by atoms with Crippen LogP contribution in [0.3, 0.4) is 0 Å². The standard InChI is InChI=1S/C23H18FN5/c24-19-8-2-1-7-18(19)20-9-4-12-28(20)23-11-10-22-26-15-21(29(22)27-23)17-6-3-5-16(13-17)14-25/h1-3,5-8,10-11,13,15,20H,4,9,12H2. The molecule has 1 atom stereocenters. The van der Waals surface area contributed by atoms with E-state index in [-0.39, 0.29) is 11.9 Å². The molecule has 4 aromatic rings. The Balaban J connectivity index is 1.58. The van der Waals surface area contributed by atoms with E-state index in [4.69, 9.17) is 5.10 Å². The van der Waals surface area contributed by atoms with E-state index >= 15 is 0 Å². The zero-order valence-corrected chi connectivity index (χ0v) is 15.7. The molecule has 0 bridgehead atoms. The highest BCUT2D eigenvalue weighted by molar-refractivity contribution is 5.65. The van der Waals surface area contributed by atoms with Gasteiger partial charge < -0.3 is 4.90 Å². The molecule has 1 unspecified atom stereocenters. The molecule has 0 aliphatic carbocycles. The van der Waals surface area contributed by atoms with Crippen molar-refractivity contribution in [3.05, 3.63) is 83.8 Å². The fourth-order valence-electron chi connectivity index (χ4n) is 4.07. The zero-order valence-electron chi connectivity index (χ0n) is 15.7. The lowest BCUT2D eigenvalue weighted by atomic mass is 10.0. The van der Waals surface area contributed by atoms with Gasteiger partial charge in [0, 0.05) is 17.7 Å². The predicted octanol–water partition coefficient (Wildman–Crippen LogP) is 4.75. The van der Waals surface area contributed by atoms with Crippen molar-refractivity contribution in [1.82, 2.24) is 14.6 Å². The number of hydrogen-bond donors (Lipinski definition) is 0. The van der Waals surface area contributed by atoms with Crippen LogP contribution in [-0.2, 0) is 0 Å². The Bertz CT molecular complexity index is 1240. The van der Waals surface area contributed by atoms with Gasteiger partial charge in [-0.2, -0.15) is 5.26 Å². The number of nitriles is 1. The molecule has 1 fully saturated rings. The summed E-state index contributed by atoms with van der Waals surface area (Å²) in [5.74, 6) is 0.612. The van der Waals surface area contributed by atoms with Crippen molar-refractivity contribution in [3.63, 3.8) is 0 Å². The first-order valence-electron chi connectivity index (χ1n) is 9.61. The summed E-state index contributed by atoms with van der Waals surface area (Å²) in [6.07, 6.45) is 3.64. The van der Waals surface area contributed by atoms with Crippen LogP contribution in [0.4, 0.5) is 10.2 Å². The number of rotatable bonds is 3. The summed E-state index contributed by atoms with van der Waals surface area (Å²) >= 11 is 0. The third-order valence-corrected chi connectivity index (χ3v) is 5.45. The second-order valence-electron chi connectivity index (χ2n) is 7.17. The molecule has 1 aliphatic heterocycles. The van der Waals surface area contributed by atoms with Crippen molar-refractivity contribution in [2.75, 3.05) is 11.4 Å². The number of fused-ring (bicyclic) bond motifs is 1. The van der Waals surface area contributed by atoms with Crippen molar-refractivity contribution >= 4 is 11.5 Å². The minimum atomic E-state index is -0.179. The molecular weight excluding hydrogens is 365 g/mol. The molecule has 3 heterocycles. The number of hydrogen-bond acceptors (Lipinski definition) is 4. The van der Waals surface area contributed by atoms with Crippen molar-refractivity contribution in [1.29, 1.82) is 5.26 Å². The van der Waals surface area contributed by atoms with E-state index in [1.54, 1.807) is 22.8 Å². The average Bonchev–Trinajstić information content (AvgIpc) is 3.41. The Morgan fingerprint density at radius 2 is 1.97 bits per heavy atom. The third-order valence-electron chi connectivity index (χ3n) is 5.45. The van der Waals surface area contributed by atoms with Crippen LogP contribution < -0.4 is 4.90 Å². The van der Waals surface area contributed by atoms with Crippen LogP contribution in [0.5, 0.6) is 0 Å². The monoisotopic (exact) mass is 383 g/mol. The Hall–Kier alpha value is -3.72. The summed E-state index contributed by atoms with van der Waals surface area (Å²) in [6, 6.07) is 20.4. The SMILES string of the molecule is N#Cc1cccc(-c2cnc3ccc(N4CCCC4c4ccccc4F)nn23)c1. The second-order valence-corrected chi connectivity index (χ2v) is 7.17. The van der Waals surface area contributed by atoms with E-state index in [1.165, 1.54) is 6.07 Å². The normalized spacial score (nSPS) is 16.3. The van der Waals surface area contributed by atoms with Gasteiger partial charge in [0.05, 0.1) is 29.6 Å². The molecule has 29 heavy (non-hydrogen) atoms. The van der Waals surface area contributed by atoms with E-state index in [1.807, 2.05) is 42.5 Å². The number of benzene rings is 2. The van der Waals surface area contributed by atoms with E-state index in [2.05, 4.69) is 16.0 Å². The van der Waals surface area contributed by atoms with E-state index in [9.17, 15) is 9.65 Å². The van der Waals surface area contributed by atoms with Gasteiger partial charge in [0.1, 0.15) is 11.6 Å². The molecule has 2 aromatic heterocycles. The van der Waals surface area contributed by atoms with Crippen LogP contribution >= 0.6 is 0 Å². The maximum atomic E-state index is 14.4. The first-order valence-corrected chi connectivity index (χ1v) is 9.61. The first kappa shape index (κ1) is 17.4. The fraction of sp³-hybridized carbons (Fsp3) is 0.174. The molecule has 0 spiro atoms. The minimum Gasteiger partial charge on any atom is -0.348 e. The first-order chi connectivity index (χ1) is 14.2. The Morgan fingerprint density at radius 3 is 2.83 bits per heavy atom. The van der Waals surface area contributed by atoms with Crippen molar-refractivity contribution in [2.24, 2.45) is 0 Å². The summed E-state index contributed by atoms with van der Waals surface area (Å²) in [6.45, 7) is 0.825. The molecule has 142 valence electrons. The Labute approximate surface area is 167 Å². The van der Waals surface area contributed by atoms with Gasteiger partial charge in [-0.15, -0.1) is 5.10 Å². The molecule has 0 N–H and O–H groups in total. The lowest BCUT2D eigenvalue weighted by molar-refractivity contribution is 0.578. The molecule has 1 aliphatic rings. The van der Waals surface area contributed by atoms with Crippen LogP contribution in [0.1, 0.15) is 30.0 Å². The molecule has 1 saturated heterocycles. The topological polar surface area (TPSA) is 57.2 Å². The van der Waals surface area contributed by atoms with Gasteiger partial charge in [-0.25, -0.2) is 13.9 Å². The molecular formula is C23H18FN5. The van der Waals surface area contributed by atoms with Gasteiger partial charge >= 0.3 is 0 Å². The summed E-state index contributed by atoms with van der Waals surface area (Å²) in [5, 5.41) is 14.0. The van der Waals surface area contributed by atoms with Gasteiger partial charge in [0.2, 0.25) is 0 Å². The van der Waals surface area contributed by atoms with Crippen molar-refractivity contribution in [2.45, 2.75) is 18.9 Å². The molecule has 0 saturated carbocycles. The van der Waals surface area contributed by atoms with Gasteiger partial charge in [-0.05, 0) is 43.2 Å². The summed E-state index contributed by atoms with van der Waals surface area (Å²) in [7, 11) is 0. The van der Waals surface area contributed by atoms with E-state index in [0.29, 0.717) is 11.1 Å². The number of imidazole rings is 1. The Morgan fingerprint density at radius 1 is 1.07 bits per heavy atom. The highest BCUT2D eigenvalue weighted by Gasteiger charge is 2.29. The van der Waals surface area contributed by atoms with Crippen LogP contribution in [-0.4, -0.2) is 21.1 Å². The van der Waals surface area contributed by atoms with Gasteiger partial charge in [0.25, 0.3) is 0 Å². The lowest BCUT2D eigenvalue weighted by Gasteiger charge is -2.26. The number of anilines is 1. The van der Waals surface area contributed by atoms with Crippen LogP contribution in [0, 0.1) is 17.1 Å². The van der Waals surface area contributed by atoms with Crippen LogP contribution in [0.25, 0.3) is 16.9 Å². The molecule has 6 heteroatoms. The molecule has 5 nitrogen and oxygen atoms in total. The van der Waals surface area contributed by atoms with Gasteiger partial charge in [0.15, 0.2) is 5.65 Å². The predicted molar refractivity (Wildman–Crippen MR) is 109 cm³/mol. The fourth-order valence-corrected chi connectivity index (χ4v) is 4.07. The Kier molecular flexibility index (Phi) is 4.21. The number of halogens is 1. The summed E-state index contributed by atoms with van der Waals surface area (Å²) in [4.78, 5) is 6.61. The molecule has 0 amide bonds. The number of nitrogens with zero attached hydrogens (tertiary/aromatic N) is 5. The summed E-state index contributed by atoms with van der Waals surface area (Å²) < 4.78 is 16.2. The highest BCUT2D eigenvalue weighted by Crippen LogP contribution is 2.36. The average molecular weight is 383 g/mol. The third kappa shape index (κ3) is 3.01. The summed E-state index contributed by atoms with van der Waals surface area (Å²) in [5.41, 5.74) is 3.73. The lowest BCUT2D eigenvalue weighted by Crippen LogP contribution is -2.25. The molecule has 0 radical (unpaired) electrons. The van der Waals surface area contributed by atoms with E-state index in [0.717, 1.165) is 42.1 Å². The number of aromatic nitrogens is 3. The maximum absolute atomic E-state index is 14.4. The maximum Gasteiger partial charge on any atom is 0.154 e. The highest BCUT2D eigenvalue weighted by atomic mass is 19.1. The quantitative estimate of drug-likeness (QED) is 0.512. The smallest absolute Gasteiger partial charge is 0.154 e. The van der Waals surface area contributed by atoms with Gasteiger partial charge in [-0.1, -0.05) is 30.3 Å². The minimum absolute atomic E-state index is 0.0324. The zero-order chi connectivity index (χ0) is 19.8. The van der Waals surface area contributed by atoms with Crippen LogP contribution in [0.15, 0.2) is 66.9 Å². The largest absolute Gasteiger partial charge is 0.348 e. The van der Waals surface area contributed by atoms with Crippen molar-refractivity contribution < 1.29 is 4.39 Å². The molecule has 5 rings (SSSR count). The van der Waals surface area contributed by atoms with Crippen molar-refractivity contribution in [3.8, 4) is 17.3 Å². The second kappa shape index (κ2) is 7.02. The van der Waals surface area contributed by atoms with Gasteiger partial charge in [-0.3, -0.25) is 0 Å². The van der Waals surface area contributed by atoms with Crippen LogP contribution in [0.2, 0.25) is 0 Å². The van der Waals surface area contributed by atoms with E-state index < -0.39 is 0 Å².